The van der Waals surface area contributed by atoms with Gasteiger partial charge in [-0.05, 0) is 56.0 Å². The molecule has 2 fully saturated rings. The van der Waals surface area contributed by atoms with Crippen LogP contribution in [0.4, 0.5) is 5.69 Å². The molecule has 1 atom stereocenters. The Morgan fingerprint density at radius 3 is 2.77 bits per heavy atom. The maximum Gasteiger partial charge on any atom is 0.222 e. The van der Waals surface area contributed by atoms with Crippen molar-refractivity contribution in [3.8, 4) is 0 Å². The smallest absolute Gasteiger partial charge is 0.222 e. The Bertz CT molecular complexity index is 779. The van der Waals surface area contributed by atoms with Crippen LogP contribution >= 0.6 is 0 Å². The van der Waals surface area contributed by atoms with Crippen LogP contribution in [0.25, 0.3) is 0 Å². The van der Waals surface area contributed by atoms with Crippen LogP contribution in [-0.4, -0.2) is 40.4 Å². The molecule has 0 saturated carbocycles. The zero-order valence-electron chi connectivity index (χ0n) is 15.4. The molecule has 1 spiro atoms. The van der Waals surface area contributed by atoms with Crippen LogP contribution in [0.15, 0.2) is 42.9 Å². The van der Waals surface area contributed by atoms with Crippen molar-refractivity contribution >= 4 is 11.6 Å². The van der Waals surface area contributed by atoms with E-state index in [2.05, 4.69) is 31.9 Å². The molecule has 0 N–H and O–H groups in total. The van der Waals surface area contributed by atoms with Gasteiger partial charge in [0, 0.05) is 68.0 Å². The van der Waals surface area contributed by atoms with E-state index in [1.54, 1.807) is 12.4 Å². The number of likely N-dealkylation sites (tertiary alicyclic amines) is 1. The van der Waals surface area contributed by atoms with Gasteiger partial charge in [-0.25, -0.2) is 0 Å². The molecule has 0 aliphatic carbocycles. The average molecular weight is 350 g/mol. The lowest BCUT2D eigenvalue weighted by atomic mass is 9.73. The third-order valence-corrected chi connectivity index (χ3v) is 5.78. The molecule has 2 aliphatic rings. The van der Waals surface area contributed by atoms with Gasteiger partial charge in [-0.15, -0.1) is 0 Å². The number of aromatic nitrogens is 2. The number of nitrogens with zero attached hydrogens (tertiary/aromatic N) is 4. The maximum atomic E-state index is 12.5. The Balaban J connectivity index is 1.51. The highest BCUT2D eigenvalue weighted by molar-refractivity contribution is 5.77. The average Bonchev–Trinajstić information content (AvgIpc) is 2.66. The first-order valence-corrected chi connectivity index (χ1v) is 9.48. The topological polar surface area (TPSA) is 49.3 Å². The van der Waals surface area contributed by atoms with E-state index in [4.69, 9.17) is 0 Å². The largest absolute Gasteiger partial charge is 0.371 e. The molecule has 5 heteroatoms. The van der Waals surface area contributed by atoms with Crippen LogP contribution in [0.3, 0.4) is 0 Å². The fraction of sp³-hybridized carbons (Fsp3) is 0.476. The first-order chi connectivity index (χ1) is 12.6. The van der Waals surface area contributed by atoms with Gasteiger partial charge in [0.05, 0.1) is 0 Å². The Hall–Kier alpha value is -2.43. The third kappa shape index (κ3) is 3.57. The monoisotopic (exact) mass is 350 g/mol. The summed E-state index contributed by atoms with van der Waals surface area (Å²) in [6, 6.07) is 8.28. The molecule has 2 aromatic rings. The number of carbonyl (C=O) groups excluding carboxylic acids is 1. The van der Waals surface area contributed by atoms with E-state index in [0.29, 0.717) is 13.0 Å². The summed E-state index contributed by atoms with van der Waals surface area (Å²) >= 11 is 0. The SMILES string of the molecule is Cc1cc(N2CCC[C@]3(CCC(=O)N(Cc4ccncc4)C3)C2)ccn1. The molecule has 0 radical (unpaired) electrons. The van der Waals surface area contributed by atoms with E-state index >= 15 is 0 Å². The predicted octanol–water partition coefficient (Wildman–Crippen LogP) is 3.19. The summed E-state index contributed by atoms with van der Waals surface area (Å²) in [6.45, 7) is 5.70. The first-order valence-electron chi connectivity index (χ1n) is 9.48. The van der Waals surface area contributed by atoms with Gasteiger partial charge in [0.1, 0.15) is 0 Å². The number of hydrogen-bond donors (Lipinski definition) is 0. The van der Waals surface area contributed by atoms with E-state index in [1.165, 1.54) is 18.5 Å². The zero-order chi connectivity index (χ0) is 18.0. The van der Waals surface area contributed by atoms with Crippen LogP contribution < -0.4 is 4.90 Å². The molecular formula is C21H26N4O. The highest BCUT2D eigenvalue weighted by atomic mass is 16.2. The number of aryl methyl sites for hydroxylation is 1. The summed E-state index contributed by atoms with van der Waals surface area (Å²) in [6.07, 6.45) is 9.53. The van der Waals surface area contributed by atoms with Crippen molar-refractivity contribution in [2.24, 2.45) is 5.41 Å². The van der Waals surface area contributed by atoms with Crippen LogP contribution in [0.1, 0.15) is 36.9 Å². The molecule has 26 heavy (non-hydrogen) atoms. The Morgan fingerprint density at radius 1 is 1.12 bits per heavy atom. The standard InChI is InChI=1S/C21H26N4O/c1-17-13-19(6-11-23-17)24-12-2-7-21(15-24)8-3-20(26)25(16-21)14-18-4-9-22-10-5-18/h4-6,9-11,13H,2-3,7-8,12,14-16H2,1H3/t21-/m0/s1. The molecule has 0 aromatic carbocycles. The number of anilines is 1. The normalized spacial score (nSPS) is 23.5. The lowest BCUT2D eigenvalue weighted by Crippen LogP contribution is -2.53. The number of carbonyl (C=O) groups is 1. The second-order valence-corrected chi connectivity index (χ2v) is 7.79. The quantitative estimate of drug-likeness (QED) is 0.853. The minimum absolute atomic E-state index is 0.205. The Morgan fingerprint density at radius 2 is 1.96 bits per heavy atom. The fourth-order valence-corrected chi connectivity index (χ4v) is 4.44. The molecule has 136 valence electrons. The summed E-state index contributed by atoms with van der Waals surface area (Å²) in [4.78, 5) is 25.4. The number of rotatable bonds is 3. The third-order valence-electron chi connectivity index (χ3n) is 5.78. The van der Waals surface area contributed by atoms with Gasteiger partial charge in [-0.3, -0.25) is 14.8 Å². The minimum Gasteiger partial charge on any atom is -0.371 e. The van der Waals surface area contributed by atoms with E-state index in [-0.39, 0.29) is 11.3 Å². The minimum atomic E-state index is 0.205. The van der Waals surface area contributed by atoms with E-state index in [0.717, 1.165) is 37.3 Å². The van der Waals surface area contributed by atoms with E-state index < -0.39 is 0 Å². The summed E-state index contributed by atoms with van der Waals surface area (Å²) in [5, 5.41) is 0. The number of pyridine rings is 2. The first kappa shape index (κ1) is 17.0. The lowest BCUT2D eigenvalue weighted by molar-refractivity contribution is -0.138. The van der Waals surface area contributed by atoms with Gasteiger partial charge in [0.15, 0.2) is 0 Å². The van der Waals surface area contributed by atoms with E-state index in [9.17, 15) is 4.79 Å². The molecule has 2 aromatic heterocycles. The van der Waals surface area contributed by atoms with Crippen LogP contribution in [-0.2, 0) is 11.3 Å². The van der Waals surface area contributed by atoms with Gasteiger partial charge in [0.2, 0.25) is 5.91 Å². The van der Waals surface area contributed by atoms with Crippen LogP contribution in [0.5, 0.6) is 0 Å². The van der Waals surface area contributed by atoms with Gasteiger partial charge in [-0.1, -0.05) is 0 Å². The van der Waals surface area contributed by atoms with Crippen molar-refractivity contribution in [1.82, 2.24) is 14.9 Å². The zero-order valence-corrected chi connectivity index (χ0v) is 15.4. The van der Waals surface area contributed by atoms with Crippen molar-refractivity contribution in [3.63, 3.8) is 0 Å². The fourth-order valence-electron chi connectivity index (χ4n) is 4.44. The van der Waals surface area contributed by atoms with Gasteiger partial charge >= 0.3 is 0 Å². The summed E-state index contributed by atoms with van der Waals surface area (Å²) < 4.78 is 0. The van der Waals surface area contributed by atoms with Crippen molar-refractivity contribution in [2.45, 2.75) is 39.2 Å². The molecule has 4 heterocycles. The number of hydrogen-bond acceptors (Lipinski definition) is 4. The predicted molar refractivity (Wildman–Crippen MR) is 102 cm³/mol. The molecule has 4 rings (SSSR count). The van der Waals surface area contributed by atoms with Crippen molar-refractivity contribution in [1.29, 1.82) is 0 Å². The van der Waals surface area contributed by atoms with Crippen molar-refractivity contribution < 1.29 is 4.79 Å². The second kappa shape index (κ2) is 7.06. The van der Waals surface area contributed by atoms with Crippen LogP contribution in [0.2, 0.25) is 0 Å². The summed E-state index contributed by atoms with van der Waals surface area (Å²) in [5.74, 6) is 0.282. The molecule has 2 aliphatic heterocycles. The van der Waals surface area contributed by atoms with E-state index in [1.807, 2.05) is 25.3 Å². The van der Waals surface area contributed by atoms with Crippen molar-refractivity contribution in [2.75, 3.05) is 24.5 Å². The molecule has 0 unspecified atom stereocenters. The highest BCUT2D eigenvalue weighted by Crippen LogP contribution is 2.40. The van der Waals surface area contributed by atoms with Gasteiger partial charge in [-0.2, -0.15) is 0 Å². The number of amides is 1. The Labute approximate surface area is 155 Å². The number of piperidine rings is 2. The summed E-state index contributed by atoms with van der Waals surface area (Å²) in [5.41, 5.74) is 3.67. The van der Waals surface area contributed by atoms with Gasteiger partial charge < -0.3 is 9.80 Å². The Kier molecular flexibility index (Phi) is 4.62. The molecule has 0 bridgehead atoms. The molecule has 5 nitrogen and oxygen atoms in total. The molecular weight excluding hydrogens is 324 g/mol. The van der Waals surface area contributed by atoms with Gasteiger partial charge in [0.25, 0.3) is 0 Å². The van der Waals surface area contributed by atoms with Crippen LogP contribution in [0, 0.1) is 12.3 Å². The second-order valence-electron chi connectivity index (χ2n) is 7.79. The highest BCUT2D eigenvalue weighted by Gasteiger charge is 2.41. The molecule has 2 saturated heterocycles. The van der Waals surface area contributed by atoms with Crippen molar-refractivity contribution in [3.05, 3.63) is 54.1 Å². The summed E-state index contributed by atoms with van der Waals surface area (Å²) in [7, 11) is 0. The maximum absolute atomic E-state index is 12.5. The molecule has 1 amide bonds. The lowest BCUT2D eigenvalue weighted by Gasteiger charge is -2.49.